The van der Waals surface area contributed by atoms with Crippen molar-refractivity contribution in [3.8, 4) is 0 Å². The van der Waals surface area contributed by atoms with Crippen LogP contribution in [-0.4, -0.2) is 54.5 Å². The van der Waals surface area contributed by atoms with Crippen molar-refractivity contribution in [1.82, 2.24) is 9.47 Å². The van der Waals surface area contributed by atoms with Crippen LogP contribution in [0.4, 0.5) is 5.69 Å². The molecule has 0 aliphatic carbocycles. The van der Waals surface area contributed by atoms with Gasteiger partial charge in [-0.1, -0.05) is 0 Å². The van der Waals surface area contributed by atoms with Gasteiger partial charge >= 0.3 is 0 Å². The second-order valence-electron chi connectivity index (χ2n) is 4.05. The summed E-state index contributed by atoms with van der Waals surface area (Å²) < 4.78 is 6.58. The van der Waals surface area contributed by atoms with E-state index in [1.807, 2.05) is 4.90 Å². The third-order valence-corrected chi connectivity index (χ3v) is 2.69. The van der Waals surface area contributed by atoms with Crippen molar-refractivity contribution in [3.63, 3.8) is 0 Å². The topological polar surface area (TPSA) is 80.7 Å². The summed E-state index contributed by atoms with van der Waals surface area (Å²) in [6.45, 7) is 3.22. The predicted octanol–water partition coefficient (Wildman–Crippen LogP) is -0.629. The molecule has 0 saturated carbocycles. The molecule has 0 amide bonds. The van der Waals surface area contributed by atoms with Gasteiger partial charge in [0.2, 0.25) is 0 Å². The SMILES string of the molecule is COCCN(CCO)CCn1cc(N)ccc1=O. The molecule has 0 fully saturated rings. The summed E-state index contributed by atoms with van der Waals surface area (Å²) in [5.41, 5.74) is 6.14. The molecule has 1 heterocycles. The maximum absolute atomic E-state index is 11.6. The molecule has 0 aliphatic rings. The summed E-state index contributed by atoms with van der Waals surface area (Å²) in [6, 6.07) is 3.05. The number of ether oxygens (including phenoxy) is 1. The number of hydrogen-bond donors (Lipinski definition) is 2. The number of aliphatic hydroxyl groups is 1. The Bertz CT molecular complexity index is 406. The van der Waals surface area contributed by atoms with E-state index in [4.69, 9.17) is 15.6 Å². The van der Waals surface area contributed by atoms with Gasteiger partial charge in [0.25, 0.3) is 5.56 Å². The molecule has 1 aromatic rings. The smallest absolute Gasteiger partial charge is 0.250 e. The van der Waals surface area contributed by atoms with Crippen LogP contribution in [0.1, 0.15) is 0 Å². The summed E-state index contributed by atoms with van der Waals surface area (Å²) >= 11 is 0. The summed E-state index contributed by atoms with van der Waals surface area (Å²) in [7, 11) is 1.64. The van der Waals surface area contributed by atoms with Crippen molar-refractivity contribution in [2.24, 2.45) is 0 Å². The highest BCUT2D eigenvalue weighted by Gasteiger charge is 2.05. The Kier molecular flexibility index (Phi) is 6.42. The van der Waals surface area contributed by atoms with Gasteiger partial charge in [-0.05, 0) is 6.07 Å². The van der Waals surface area contributed by atoms with E-state index >= 15 is 0 Å². The van der Waals surface area contributed by atoms with E-state index in [1.54, 1.807) is 23.9 Å². The lowest BCUT2D eigenvalue weighted by Crippen LogP contribution is -2.35. The van der Waals surface area contributed by atoms with Crippen LogP contribution < -0.4 is 11.3 Å². The largest absolute Gasteiger partial charge is 0.398 e. The molecule has 0 unspecified atom stereocenters. The van der Waals surface area contributed by atoms with Crippen LogP contribution >= 0.6 is 0 Å². The van der Waals surface area contributed by atoms with Crippen LogP contribution in [0.25, 0.3) is 0 Å². The maximum Gasteiger partial charge on any atom is 0.250 e. The molecule has 0 spiro atoms. The number of pyridine rings is 1. The van der Waals surface area contributed by atoms with Crippen LogP contribution in [0, 0.1) is 0 Å². The second-order valence-corrected chi connectivity index (χ2v) is 4.05. The standard InChI is InChI=1S/C12H21N3O3/c1-18-9-7-14(6-8-16)4-5-15-10-11(13)2-3-12(15)17/h2-3,10,16H,4-9,13H2,1H3. The van der Waals surface area contributed by atoms with E-state index in [-0.39, 0.29) is 12.2 Å². The van der Waals surface area contributed by atoms with Gasteiger partial charge in [0.05, 0.1) is 13.2 Å². The quantitative estimate of drug-likeness (QED) is 0.646. The van der Waals surface area contributed by atoms with E-state index in [2.05, 4.69) is 0 Å². The summed E-state index contributed by atoms with van der Waals surface area (Å²) in [5, 5.41) is 8.96. The molecule has 0 bridgehead atoms. The molecule has 1 aromatic heterocycles. The third kappa shape index (κ3) is 4.87. The fraction of sp³-hybridized carbons (Fsp3) is 0.583. The van der Waals surface area contributed by atoms with E-state index in [0.717, 1.165) is 6.54 Å². The molecular weight excluding hydrogens is 234 g/mol. The van der Waals surface area contributed by atoms with Gasteiger partial charge in [-0.3, -0.25) is 9.69 Å². The molecule has 0 aromatic carbocycles. The number of methoxy groups -OCH3 is 1. The van der Waals surface area contributed by atoms with Crippen LogP contribution in [0.15, 0.2) is 23.1 Å². The lowest BCUT2D eigenvalue weighted by molar-refractivity contribution is 0.128. The Morgan fingerprint density at radius 1 is 1.39 bits per heavy atom. The number of rotatable bonds is 8. The molecule has 6 heteroatoms. The van der Waals surface area contributed by atoms with E-state index < -0.39 is 0 Å². The minimum Gasteiger partial charge on any atom is -0.398 e. The van der Waals surface area contributed by atoms with Gasteiger partial charge in [-0.2, -0.15) is 0 Å². The monoisotopic (exact) mass is 255 g/mol. The third-order valence-electron chi connectivity index (χ3n) is 2.69. The molecule has 102 valence electrons. The van der Waals surface area contributed by atoms with Crippen molar-refractivity contribution in [1.29, 1.82) is 0 Å². The Morgan fingerprint density at radius 2 is 2.17 bits per heavy atom. The molecule has 0 radical (unpaired) electrons. The lowest BCUT2D eigenvalue weighted by atomic mass is 10.4. The minimum absolute atomic E-state index is 0.0695. The van der Waals surface area contributed by atoms with Crippen LogP contribution in [0.5, 0.6) is 0 Å². The number of aliphatic hydroxyl groups excluding tert-OH is 1. The average Bonchev–Trinajstić information content (AvgIpc) is 2.36. The van der Waals surface area contributed by atoms with Gasteiger partial charge in [-0.25, -0.2) is 0 Å². The molecule has 18 heavy (non-hydrogen) atoms. The first-order valence-electron chi connectivity index (χ1n) is 5.95. The maximum atomic E-state index is 11.6. The molecule has 1 rings (SSSR count). The minimum atomic E-state index is -0.0695. The normalized spacial score (nSPS) is 11.1. The van der Waals surface area contributed by atoms with E-state index in [0.29, 0.717) is 31.9 Å². The first-order chi connectivity index (χ1) is 8.67. The Balaban J connectivity index is 2.54. The van der Waals surface area contributed by atoms with Gasteiger partial charge in [0.15, 0.2) is 0 Å². The van der Waals surface area contributed by atoms with Crippen molar-refractivity contribution in [2.75, 3.05) is 45.7 Å². The number of anilines is 1. The Labute approximate surface area is 107 Å². The van der Waals surface area contributed by atoms with Crippen LogP contribution in [0.2, 0.25) is 0 Å². The van der Waals surface area contributed by atoms with Crippen LogP contribution in [0.3, 0.4) is 0 Å². The number of nitrogen functional groups attached to an aromatic ring is 1. The summed E-state index contributed by atoms with van der Waals surface area (Å²) in [6.07, 6.45) is 1.63. The van der Waals surface area contributed by atoms with Crippen molar-refractivity contribution in [3.05, 3.63) is 28.7 Å². The lowest BCUT2D eigenvalue weighted by Gasteiger charge is -2.21. The first-order valence-corrected chi connectivity index (χ1v) is 5.95. The Morgan fingerprint density at radius 3 is 2.83 bits per heavy atom. The zero-order valence-electron chi connectivity index (χ0n) is 10.7. The van der Waals surface area contributed by atoms with Gasteiger partial charge in [0.1, 0.15) is 0 Å². The van der Waals surface area contributed by atoms with E-state index in [1.165, 1.54) is 6.07 Å². The molecule has 6 nitrogen and oxygen atoms in total. The summed E-state index contributed by atoms with van der Waals surface area (Å²) in [4.78, 5) is 13.6. The highest BCUT2D eigenvalue weighted by molar-refractivity contribution is 5.33. The molecule has 0 atom stereocenters. The Hall–Kier alpha value is -1.37. The van der Waals surface area contributed by atoms with Gasteiger partial charge in [-0.15, -0.1) is 0 Å². The van der Waals surface area contributed by atoms with Crippen LogP contribution in [-0.2, 0) is 11.3 Å². The highest BCUT2D eigenvalue weighted by Crippen LogP contribution is 1.97. The first kappa shape index (κ1) is 14.7. The average molecular weight is 255 g/mol. The fourth-order valence-corrected chi connectivity index (χ4v) is 1.67. The molecule has 0 saturated heterocycles. The molecule has 0 aliphatic heterocycles. The van der Waals surface area contributed by atoms with Crippen molar-refractivity contribution >= 4 is 5.69 Å². The van der Waals surface area contributed by atoms with Gasteiger partial charge in [0, 0.05) is 51.2 Å². The molecular formula is C12H21N3O3. The second kappa shape index (κ2) is 7.86. The fourth-order valence-electron chi connectivity index (χ4n) is 1.67. The number of hydrogen-bond acceptors (Lipinski definition) is 5. The predicted molar refractivity (Wildman–Crippen MR) is 70.5 cm³/mol. The highest BCUT2D eigenvalue weighted by atomic mass is 16.5. The van der Waals surface area contributed by atoms with E-state index in [9.17, 15) is 4.79 Å². The number of nitrogens with zero attached hydrogens (tertiary/aromatic N) is 2. The van der Waals surface area contributed by atoms with Gasteiger partial charge < -0.3 is 20.1 Å². The zero-order valence-corrected chi connectivity index (χ0v) is 10.7. The number of nitrogens with two attached hydrogens (primary N) is 1. The molecule has 3 N–H and O–H groups in total. The van der Waals surface area contributed by atoms with Crippen molar-refractivity contribution in [2.45, 2.75) is 6.54 Å². The zero-order chi connectivity index (χ0) is 13.4. The van der Waals surface area contributed by atoms with Crippen molar-refractivity contribution < 1.29 is 9.84 Å². The summed E-state index contributed by atoms with van der Waals surface area (Å²) in [5.74, 6) is 0. The number of aromatic nitrogens is 1.